The van der Waals surface area contributed by atoms with Gasteiger partial charge in [-0.05, 0) is 51.8 Å². The van der Waals surface area contributed by atoms with Crippen LogP contribution in [0.3, 0.4) is 0 Å². The maximum absolute atomic E-state index is 12.6. The van der Waals surface area contributed by atoms with Crippen LogP contribution in [-0.4, -0.2) is 36.9 Å². The standard InChI is InChI=1S/C19H17BrN2O5/c20-14-4-2-1-3-13(14)18(24)22-15(19(25)21-7-8-23)9-12-5-6-16-17(10-12)27-11-26-16/h1-6,9-10,23H,7-8,11H2,(H,21,25)(H,22,24). The Balaban J connectivity index is 1.87. The lowest BCUT2D eigenvalue weighted by atomic mass is 10.1. The summed E-state index contributed by atoms with van der Waals surface area (Å²) in [5.41, 5.74) is 1.09. The first-order chi connectivity index (χ1) is 13.1. The molecule has 2 aromatic rings. The third-order valence-electron chi connectivity index (χ3n) is 3.72. The van der Waals surface area contributed by atoms with Crippen LogP contribution in [0, 0.1) is 0 Å². The number of ether oxygens (including phenoxy) is 2. The molecule has 0 unspecified atom stereocenters. The van der Waals surface area contributed by atoms with Crippen LogP contribution in [0.1, 0.15) is 15.9 Å². The third kappa shape index (κ3) is 4.66. The van der Waals surface area contributed by atoms with Crippen LogP contribution in [0.2, 0.25) is 0 Å². The van der Waals surface area contributed by atoms with E-state index in [1.807, 2.05) is 0 Å². The van der Waals surface area contributed by atoms with Crippen molar-refractivity contribution in [3.8, 4) is 11.5 Å². The molecule has 8 heteroatoms. The smallest absolute Gasteiger partial charge is 0.267 e. The number of amides is 2. The highest BCUT2D eigenvalue weighted by Crippen LogP contribution is 2.33. The molecule has 2 aromatic carbocycles. The summed E-state index contributed by atoms with van der Waals surface area (Å²) in [6, 6.07) is 12.1. The largest absolute Gasteiger partial charge is 0.454 e. The van der Waals surface area contributed by atoms with E-state index < -0.39 is 11.8 Å². The summed E-state index contributed by atoms with van der Waals surface area (Å²) in [6.07, 6.45) is 1.53. The second-order valence-electron chi connectivity index (χ2n) is 5.58. The van der Waals surface area contributed by atoms with E-state index in [1.54, 1.807) is 42.5 Å². The van der Waals surface area contributed by atoms with E-state index in [9.17, 15) is 9.59 Å². The second-order valence-corrected chi connectivity index (χ2v) is 6.44. The van der Waals surface area contributed by atoms with Gasteiger partial charge in [-0.3, -0.25) is 9.59 Å². The van der Waals surface area contributed by atoms with Crippen molar-refractivity contribution in [3.63, 3.8) is 0 Å². The van der Waals surface area contributed by atoms with Gasteiger partial charge in [-0.2, -0.15) is 0 Å². The Bertz CT molecular complexity index is 897. The predicted molar refractivity (Wildman–Crippen MR) is 102 cm³/mol. The van der Waals surface area contributed by atoms with Gasteiger partial charge in [0.2, 0.25) is 6.79 Å². The van der Waals surface area contributed by atoms with Gasteiger partial charge in [-0.1, -0.05) is 18.2 Å². The molecule has 2 amide bonds. The van der Waals surface area contributed by atoms with Crippen LogP contribution >= 0.6 is 15.9 Å². The maximum Gasteiger partial charge on any atom is 0.267 e. The number of hydrogen-bond donors (Lipinski definition) is 3. The number of benzene rings is 2. The molecule has 0 atom stereocenters. The van der Waals surface area contributed by atoms with Crippen LogP contribution in [-0.2, 0) is 4.79 Å². The van der Waals surface area contributed by atoms with E-state index in [0.717, 1.165) is 0 Å². The first-order valence-corrected chi connectivity index (χ1v) is 8.94. The molecule has 0 bridgehead atoms. The molecule has 0 aliphatic carbocycles. The number of rotatable bonds is 6. The van der Waals surface area contributed by atoms with Gasteiger partial charge in [-0.25, -0.2) is 0 Å². The number of aliphatic hydroxyl groups is 1. The Morgan fingerprint density at radius 3 is 2.70 bits per heavy atom. The molecule has 3 N–H and O–H groups in total. The summed E-state index contributed by atoms with van der Waals surface area (Å²) >= 11 is 3.32. The molecule has 140 valence electrons. The number of carbonyl (C=O) groups excluding carboxylic acids is 2. The van der Waals surface area contributed by atoms with Gasteiger partial charge in [0.05, 0.1) is 12.2 Å². The lowest BCUT2D eigenvalue weighted by Gasteiger charge is -2.11. The van der Waals surface area contributed by atoms with Crippen molar-refractivity contribution in [2.75, 3.05) is 19.9 Å². The van der Waals surface area contributed by atoms with Crippen molar-refractivity contribution in [2.24, 2.45) is 0 Å². The number of carbonyl (C=O) groups is 2. The van der Waals surface area contributed by atoms with Crippen molar-refractivity contribution in [1.29, 1.82) is 0 Å². The molecule has 1 aliphatic heterocycles. The maximum atomic E-state index is 12.6. The van der Waals surface area contributed by atoms with Crippen molar-refractivity contribution in [3.05, 3.63) is 63.8 Å². The molecular weight excluding hydrogens is 416 g/mol. The molecular formula is C19H17BrN2O5. The number of halogens is 1. The topological polar surface area (TPSA) is 96.9 Å². The van der Waals surface area contributed by atoms with Gasteiger partial charge in [-0.15, -0.1) is 0 Å². The molecule has 1 aliphatic rings. The van der Waals surface area contributed by atoms with E-state index >= 15 is 0 Å². The molecule has 0 radical (unpaired) electrons. The van der Waals surface area contributed by atoms with Gasteiger partial charge >= 0.3 is 0 Å². The van der Waals surface area contributed by atoms with Crippen LogP contribution in [0.15, 0.2) is 52.6 Å². The molecule has 0 aromatic heterocycles. The number of nitrogens with one attached hydrogen (secondary N) is 2. The van der Waals surface area contributed by atoms with E-state index in [2.05, 4.69) is 26.6 Å². The van der Waals surface area contributed by atoms with E-state index in [0.29, 0.717) is 27.1 Å². The Morgan fingerprint density at radius 2 is 1.93 bits per heavy atom. The van der Waals surface area contributed by atoms with Crippen LogP contribution in [0.5, 0.6) is 11.5 Å². The van der Waals surface area contributed by atoms with Gasteiger partial charge < -0.3 is 25.2 Å². The number of aliphatic hydroxyl groups excluding tert-OH is 1. The van der Waals surface area contributed by atoms with Gasteiger partial charge in [0.25, 0.3) is 11.8 Å². The van der Waals surface area contributed by atoms with Crippen LogP contribution in [0.25, 0.3) is 6.08 Å². The predicted octanol–water partition coefficient (Wildman–Crippen LogP) is 2.06. The Labute approximate surface area is 164 Å². The summed E-state index contributed by atoms with van der Waals surface area (Å²) in [4.78, 5) is 25.0. The SMILES string of the molecule is O=C(NCCO)C(=Cc1ccc2c(c1)OCO2)NC(=O)c1ccccc1Br. The fourth-order valence-corrected chi connectivity index (χ4v) is 2.89. The fraction of sp³-hybridized carbons (Fsp3) is 0.158. The van der Waals surface area contributed by atoms with Crippen molar-refractivity contribution in [2.45, 2.75) is 0 Å². The third-order valence-corrected chi connectivity index (χ3v) is 4.41. The summed E-state index contributed by atoms with van der Waals surface area (Å²) in [6.45, 7) is 0.00848. The lowest BCUT2D eigenvalue weighted by molar-refractivity contribution is -0.117. The second kappa shape index (κ2) is 8.70. The summed E-state index contributed by atoms with van der Waals surface area (Å²) < 4.78 is 11.2. The highest BCUT2D eigenvalue weighted by molar-refractivity contribution is 9.10. The summed E-state index contributed by atoms with van der Waals surface area (Å²) in [5.74, 6) is 0.238. The average molecular weight is 433 g/mol. The Kier molecular flexibility index (Phi) is 6.10. The highest BCUT2D eigenvalue weighted by atomic mass is 79.9. The van der Waals surface area contributed by atoms with E-state index in [-0.39, 0.29) is 25.6 Å². The first-order valence-electron chi connectivity index (χ1n) is 8.15. The minimum atomic E-state index is -0.512. The van der Waals surface area contributed by atoms with Gasteiger partial charge in [0.1, 0.15) is 5.70 Å². The average Bonchev–Trinajstić information content (AvgIpc) is 3.13. The first kappa shape index (κ1) is 18.9. The fourth-order valence-electron chi connectivity index (χ4n) is 2.43. The quantitative estimate of drug-likeness (QED) is 0.607. The Hall–Kier alpha value is -2.84. The zero-order valence-corrected chi connectivity index (χ0v) is 15.8. The zero-order chi connectivity index (χ0) is 19.2. The van der Waals surface area contributed by atoms with E-state index in [1.165, 1.54) is 6.08 Å². The summed E-state index contributed by atoms with van der Waals surface area (Å²) in [5, 5.41) is 14.1. The summed E-state index contributed by atoms with van der Waals surface area (Å²) in [7, 11) is 0. The van der Waals surface area contributed by atoms with Crippen LogP contribution < -0.4 is 20.1 Å². The highest BCUT2D eigenvalue weighted by Gasteiger charge is 2.17. The van der Waals surface area contributed by atoms with Crippen LogP contribution in [0.4, 0.5) is 0 Å². The van der Waals surface area contributed by atoms with Gasteiger partial charge in [0.15, 0.2) is 11.5 Å². The number of hydrogen-bond acceptors (Lipinski definition) is 5. The molecule has 1 heterocycles. The van der Waals surface area contributed by atoms with Gasteiger partial charge in [0, 0.05) is 11.0 Å². The molecule has 27 heavy (non-hydrogen) atoms. The minimum Gasteiger partial charge on any atom is -0.454 e. The molecule has 0 fully saturated rings. The molecule has 0 spiro atoms. The molecule has 7 nitrogen and oxygen atoms in total. The normalized spacial score (nSPS) is 12.6. The lowest BCUT2D eigenvalue weighted by Crippen LogP contribution is -2.36. The van der Waals surface area contributed by atoms with Crippen molar-refractivity contribution < 1.29 is 24.2 Å². The van der Waals surface area contributed by atoms with Crippen molar-refractivity contribution in [1.82, 2.24) is 10.6 Å². The minimum absolute atomic E-state index is 0.0445. The zero-order valence-electron chi connectivity index (χ0n) is 14.2. The van der Waals surface area contributed by atoms with Crippen molar-refractivity contribution >= 4 is 33.8 Å². The Morgan fingerprint density at radius 1 is 1.15 bits per heavy atom. The molecule has 3 rings (SSSR count). The van der Waals surface area contributed by atoms with E-state index in [4.69, 9.17) is 14.6 Å². The monoisotopic (exact) mass is 432 g/mol. The molecule has 0 saturated carbocycles. The number of fused-ring (bicyclic) bond motifs is 1. The molecule has 0 saturated heterocycles.